The molecule has 0 aliphatic rings. The molecule has 1 atom stereocenters. The Bertz CT molecular complexity index is 389. The molecule has 100 valence electrons. The van der Waals surface area contributed by atoms with Gasteiger partial charge in [-0.1, -0.05) is 0 Å². The molecular weight excluding hydrogens is 242 g/mol. The van der Waals surface area contributed by atoms with Crippen molar-refractivity contribution in [1.29, 1.82) is 0 Å². The molecule has 7 heteroatoms. The number of ether oxygens (including phenoxy) is 1. The van der Waals surface area contributed by atoms with E-state index in [9.17, 15) is 14.7 Å². The van der Waals surface area contributed by atoms with Crippen molar-refractivity contribution in [2.75, 3.05) is 7.11 Å². The van der Waals surface area contributed by atoms with Crippen LogP contribution in [-0.2, 0) is 9.59 Å². The molecule has 1 unspecified atom stereocenters. The number of carboxylic acids is 2. The zero-order chi connectivity index (χ0) is 14.1. The average Bonchev–Trinajstić information content (AvgIpc) is 2.30. The van der Waals surface area contributed by atoms with Crippen LogP contribution in [0.2, 0.25) is 0 Å². The number of hydrogen-bond donors (Lipinski definition) is 3. The molecule has 1 aromatic rings. The van der Waals surface area contributed by atoms with Gasteiger partial charge in [-0.25, -0.2) is 4.79 Å². The summed E-state index contributed by atoms with van der Waals surface area (Å²) in [7, 11) is 1.65. The molecule has 0 fully saturated rings. The first-order valence-corrected chi connectivity index (χ1v) is 4.93. The van der Waals surface area contributed by atoms with Crippen molar-refractivity contribution >= 4 is 17.6 Å². The van der Waals surface area contributed by atoms with Crippen LogP contribution in [0.4, 0.5) is 5.69 Å². The molecule has 0 radical (unpaired) electrons. The molecule has 7 nitrogen and oxygen atoms in total. The molecule has 0 saturated heterocycles. The van der Waals surface area contributed by atoms with Crippen molar-refractivity contribution in [1.82, 2.24) is 0 Å². The number of methoxy groups -OCH3 is 1. The summed E-state index contributed by atoms with van der Waals surface area (Å²) < 4.78 is 4.94. The average molecular weight is 257 g/mol. The second-order valence-corrected chi connectivity index (χ2v) is 3.28. The van der Waals surface area contributed by atoms with E-state index in [4.69, 9.17) is 14.9 Å². The Labute approximate surface area is 103 Å². The summed E-state index contributed by atoms with van der Waals surface area (Å²) in [4.78, 5) is 19.3. The minimum absolute atomic E-state index is 0.866. The van der Waals surface area contributed by atoms with Crippen molar-refractivity contribution in [3.63, 3.8) is 0 Å². The molecule has 0 amide bonds. The van der Waals surface area contributed by atoms with E-state index in [2.05, 4.69) is 5.73 Å². The maximum atomic E-state index is 9.69. The lowest BCUT2D eigenvalue weighted by atomic mass is 10.3. The predicted octanol–water partition coefficient (Wildman–Crippen LogP) is -1.86. The number of aliphatic hydroxyl groups excluding tert-OH is 1. The van der Waals surface area contributed by atoms with Crippen molar-refractivity contribution < 1.29 is 35.4 Å². The van der Waals surface area contributed by atoms with Gasteiger partial charge in [0.15, 0.2) is 6.10 Å². The van der Waals surface area contributed by atoms with E-state index in [1.54, 1.807) is 7.11 Å². The number of carboxylic acid groups (broad SMARTS) is 2. The number of carbonyl (C=O) groups excluding carboxylic acids is 1. The Morgan fingerprint density at radius 2 is 1.89 bits per heavy atom. The Balaban J connectivity index is 0.000000321. The monoisotopic (exact) mass is 257 g/mol. The van der Waals surface area contributed by atoms with Crippen LogP contribution in [0.15, 0.2) is 24.3 Å². The van der Waals surface area contributed by atoms with Crippen LogP contribution in [-0.4, -0.2) is 35.4 Å². The SMILES string of the molecule is COc1ccc([NH3+])cc1.O=C([O-])CC(O)C(=O)O. The summed E-state index contributed by atoms with van der Waals surface area (Å²) in [5.41, 5.74) is 4.75. The Morgan fingerprint density at radius 3 is 2.17 bits per heavy atom. The minimum Gasteiger partial charge on any atom is -0.550 e. The molecule has 0 aromatic heterocycles. The van der Waals surface area contributed by atoms with Crippen LogP contribution in [0.1, 0.15) is 6.42 Å². The van der Waals surface area contributed by atoms with Gasteiger partial charge in [0.1, 0.15) is 11.4 Å². The normalized spacial score (nSPS) is 10.8. The summed E-state index contributed by atoms with van der Waals surface area (Å²) in [6.07, 6.45) is -2.72. The van der Waals surface area contributed by atoms with Gasteiger partial charge < -0.3 is 30.6 Å². The van der Waals surface area contributed by atoms with Crippen LogP contribution in [0.5, 0.6) is 5.75 Å². The van der Waals surface area contributed by atoms with Crippen LogP contribution in [0, 0.1) is 0 Å². The highest BCUT2D eigenvalue weighted by atomic mass is 16.5. The van der Waals surface area contributed by atoms with Crippen molar-refractivity contribution in [3.8, 4) is 5.75 Å². The third-order valence-electron chi connectivity index (χ3n) is 1.80. The Morgan fingerprint density at radius 1 is 1.39 bits per heavy atom. The zero-order valence-electron chi connectivity index (χ0n) is 9.83. The van der Waals surface area contributed by atoms with E-state index >= 15 is 0 Å². The van der Waals surface area contributed by atoms with Crippen LogP contribution in [0.3, 0.4) is 0 Å². The van der Waals surface area contributed by atoms with Gasteiger partial charge in [-0.2, -0.15) is 0 Å². The van der Waals surface area contributed by atoms with Gasteiger partial charge >= 0.3 is 5.97 Å². The summed E-state index contributed by atoms with van der Waals surface area (Å²) in [5, 5.41) is 25.7. The third kappa shape index (κ3) is 7.20. The summed E-state index contributed by atoms with van der Waals surface area (Å²) >= 11 is 0. The standard InChI is InChI=1S/C7H9NO.C4H6O5/c1-9-7-4-2-6(8)3-5-7;5-2(4(8)9)1-3(6)7/h2-5H,8H2,1H3;2,5H,1H2,(H,6,7)(H,8,9). The smallest absolute Gasteiger partial charge is 0.332 e. The number of quaternary nitrogens is 1. The Hall–Kier alpha value is -2.12. The largest absolute Gasteiger partial charge is 0.550 e. The van der Waals surface area contributed by atoms with Crippen molar-refractivity contribution in [2.24, 2.45) is 0 Å². The van der Waals surface area contributed by atoms with E-state index in [-0.39, 0.29) is 0 Å². The molecule has 0 spiro atoms. The fourth-order valence-electron chi connectivity index (χ4n) is 0.871. The molecular formula is C11H15NO6. The quantitative estimate of drug-likeness (QED) is 0.579. The van der Waals surface area contributed by atoms with Crippen LogP contribution >= 0.6 is 0 Å². The van der Waals surface area contributed by atoms with Crippen LogP contribution in [0.25, 0.3) is 0 Å². The van der Waals surface area contributed by atoms with E-state index in [1.807, 2.05) is 24.3 Å². The molecule has 18 heavy (non-hydrogen) atoms. The molecule has 0 saturated carbocycles. The lowest BCUT2D eigenvalue weighted by Gasteiger charge is -2.03. The maximum Gasteiger partial charge on any atom is 0.332 e. The number of carbonyl (C=O) groups is 2. The molecule has 0 heterocycles. The highest BCUT2D eigenvalue weighted by molar-refractivity contribution is 5.78. The molecule has 0 bridgehead atoms. The first-order valence-electron chi connectivity index (χ1n) is 4.93. The van der Waals surface area contributed by atoms with Gasteiger partial charge in [0.05, 0.1) is 7.11 Å². The summed E-state index contributed by atoms with van der Waals surface area (Å²) in [6, 6.07) is 7.61. The zero-order valence-corrected chi connectivity index (χ0v) is 9.83. The lowest BCUT2D eigenvalue weighted by Crippen LogP contribution is -2.39. The predicted molar refractivity (Wildman–Crippen MR) is 58.8 cm³/mol. The minimum atomic E-state index is -1.85. The van der Waals surface area contributed by atoms with Crippen molar-refractivity contribution in [3.05, 3.63) is 24.3 Å². The number of benzene rings is 1. The topological polar surface area (TPSA) is 135 Å². The third-order valence-corrected chi connectivity index (χ3v) is 1.80. The van der Waals surface area contributed by atoms with E-state index in [0.717, 1.165) is 11.4 Å². The Kier molecular flexibility index (Phi) is 7.10. The van der Waals surface area contributed by atoms with Gasteiger partial charge in [0.2, 0.25) is 0 Å². The fourth-order valence-corrected chi connectivity index (χ4v) is 0.871. The number of aliphatic carboxylic acids is 2. The molecule has 1 rings (SSSR count). The number of aliphatic hydroxyl groups is 1. The first-order chi connectivity index (χ1) is 8.36. The second kappa shape index (κ2) is 8.04. The molecule has 1 aromatic carbocycles. The van der Waals surface area contributed by atoms with E-state index in [0.29, 0.717) is 0 Å². The maximum absolute atomic E-state index is 9.69. The molecule has 0 aliphatic heterocycles. The van der Waals surface area contributed by atoms with Gasteiger partial charge in [0, 0.05) is 24.5 Å². The van der Waals surface area contributed by atoms with Crippen molar-refractivity contribution in [2.45, 2.75) is 12.5 Å². The van der Waals surface area contributed by atoms with Gasteiger partial charge in [-0.3, -0.25) is 0 Å². The first kappa shape index (κ1) is 15.9. The number of hydrogen-bond acceptors (Lipinski definition) is 5. The summed E-state index contributed by atoms with van der Waals surface area (Å²) in [6.45, 7) is 0. The van der Waals surface area contributed by atoms with E-state index in [1.165, 1.54) is 0 Å². The van der Waals surface area contributed by atoms with Crippen LogP contribution < -0.4 is 15.6 Å². The molecule has 0 aliphatic carbocycles. The molecule has 5 N–H and O–H groups in total. The van der Waals surface area contributed by atoms with Gasteiger partial charge in [0.25, 0.3) is 0 Å². The lowest BCUT2D eigenvalue weighted by molar-refractivity contribution is -0.307. The highest BCUT2D eigenvalue weighted by Gasteiger charge is 2.11. The number of rotatable bonds is 4. The second-order valence-electron chi connectivity index (χ2n) is 3.28. The highest BCUT2D eigenvalue weighted by Crippen LogP contribution is 2.10. The van der Waals surface area contributed by atoms with Gasteiger partial charge in [-0.15, -0.1) is 0 Å². The van der Waals surface area contributed by atoms with Gasteiger partial charge in [-0.05, 0) is 12.1 Å². The fraction of sp³-hybridized carbons (Fsp3) is 0.273. The summed E-state index contributed by atoms with van der Waals surface area (Å²) in [5.74, 6) is -2.26. The van der Waals surface area contributed by atoms with E-state index < -0.39 is 24.5 Å².